The molecule has 192 valence electrons. The highest BCUT2D eigenvalue weighted by atomic mass is 19.1. The van der Waals surface area contributed by atoms with Gasteiger partial charge in [0.2, 0.25) is 0 Å². The summed E-state index contributed by atoms with van der Waals surface area (Å²) in [5.41, 5.74) is 2.96. The molecule has 0 radical (unpaired) electrons. The highest BCUT2D eigenvalue weighted by Gasteiger charge is 2.30. The summed E-state index contributed by atoms with van der Waals surface area (Å²) in [6.45, 7) is 4.49. The molecule has 0 atom stereocenters. The molecular formula is C26H26FN5O5. The summed E-state index contributed by atoms with van der Waals surface area (Å²) >= 11 is 0. The Kier molecular flexibility index (Phi) is 6.33. The number of piperazine rings is 1. The number of hydrogen-bond acceptors (Lipinski definition) is 8. The van der Waals surface area contributed by atoms with Crippen LogP contribution < -0.4 is 4.74 Å². The summed E-state index contributed by atoms with van der Waals surface area (Å²) in [5, 5.41) is 20.7. The number of amides is 1. The third kappa shape index (κ3) is 4.57. The Balaban J connectivity index is 1.15. The first-order valence-electron chi connectivity index (χ1n) is 12.2. The van der Waals surface area contributed by atoms with Gasteiger partial charge in [-0.1, -0.05) is 17.3 Å². The molecular weight excluding hydrogens is 481 g/mol. The number of aromatic nitrogens is 3. The summed E-state index contributed by atoms with van der Waals surface area (Å²) in [6.07, 6.45) is 0. The molecule has 1 amide bonds. The van der Waals surface area contributed by atoms with Gasteiger partial charge in [-0.3, -0.25) is 14.8 Å². The molecule has 2 saturated heterocycles. The maximum Gasteiger partial charge on any atom is 0.253 e. The van der Waals surface area contributed by atoms with Crippen LogP contribution >= 0.6 is 0 Å². The van der Waals surface area contributed by atoms with Crippen LogP contribution in [0.2, 0.25) is 0 Å². The zero-order valence-corrected chi connectivity index (χ0v) is 20.0. The van der Waals surface area contributed by atoms with Crippen LogP contribution in [0.15, 0.2) is 47.0 Å². The fourth-order valence-electron chi connectivity index (χ4n) is 4.69. The van der Waals surface area contributed by atoms with Gasteiger partial charge in [0.1, 0.15) is 18.0 Å². The van der Waals surface area contributed by atoms with Crippen molar-refractivity contribution in [2.75, 3.05) is 52.6 Å². The molecule has 37 heavy (non-hydrogen) atoms. The van der Waals surface area contributed by atoms with E-state index in [2.05, 4.69) is 20.3 Å². The normalized spacial score (nSPS) is 16.8. The maximum atomic E-state index is 14.5. The van der Waals surface area contributed by atoms with Gasteiger partial charge in [-0.25, -0.2) is 4.39 Å². The molecule has 2 aliphatic heterocycles. The van der Waals surface area contributed by atoms with Crippen molar-refractivity contribution in [2.45, 2.75) is 6.04 Å². The summed E-state index contributed by atoms with van der Waals surface area (Å²) in [4.78, 5) is 17.3. The van der Waals surface area contributed by atoms with Gasteiger partial charge in [-0.15, -0.1) is 0 Å². The first kappa shape index (κ1) is 23.6. The number of fused-ring (bicyclic) bond motifs is 1. The molecule has 2 aromatic carbocycles. The van der Waals surface area contributed by atoms with Crippen LogP contribution in [0, 0.1) is 5.82 Å². The van der Waals surface area contributed by atoms with Gasteiger partial charge in [0.25, 0.3) is 5.91 Å². The Labute approximate surface area is 211 Å². The third-order valence-electron chi connectivity index (χ3n) is 6.87. The van der Waals surface area contributed by atoms with Gasteiger partial charge < -0.3 is 24.0 Å². The number of benzene rings is 2. The van der Waals surface area contributed by atoms with E-state index < -0.39 is 5.82 Å². The lowest BCUT2D eigenvalue weighted by Gasteiger charge is -2.42. The highest BCUT2D eigenvalue weighted by molar-refractivity contribution is 5.95. The summed E-state index contributed by atoms with van der Waals surface area (Å²) in [7, 11) is 0. The Hall–Kier alpha value is -3.80. The molecule has 4 heterocycles. The number of nitrogens with zero attached hydrogens (tertiary/aromatic N) is 4. The molecule has 0 saturated carbocycles. The van der Waals surface area contributed by atoms with Crippen LogP contribution in [-0.2, 0) is 4.74 Å². The average molecular weight is 508 g/mol. The quantitative estimate of drug-likeness (QED) is 0.392. The van der Waals surface area contributed by atoms with Crippen molar-refractivity contribution in [1.29, 1.82) is 0 Å². The van der Waals surface area contributed by atoms with Crippen LogP contribution in [-0.4, -0.2) is 94.8 Å². The third-order valence-corrected chi connectivity index (χ3v) is 6.87. The second-order valence-corrected chi connectivity index (χ2v) is 9.15. The molecule has 11 heteroatoms. The van der Waals surface area contributed by atoms with Crippen molar-refractivity contribution in [3.05, 3.63) is 53.8 Å². The van der Waals surface area contributed by atoms with E-state index in [4.69, 9.17) is 19.1 Å². The number of carbonyl (C=O) groups is 1. The predicted octanol–water partition coefficient (Wildman–Crippen LogP) is 2.55. The standard InChI is InChI=1S/C26H26FN5O5/c27-20-11-19-22(13-23(20)36-10-9-33)28-29-25(19)24-12-21(30-37-24)16-1-3-17(4-2-16)26(34)32-7-5-31(6-8-32)18-14-35-15-18/h1-4,11-13,18,33H,5-10,14-15H2,(H,28,29). The number of nitrogens with one attached hydrogen (secondary N) is 1. The number of aliphatic hydroxyl groups is 1. The van der Waals surface area contributed by atoms with E-state index in [0.717, 1.165) is 31.9 Å². The number of hydrogen-bond donors (Lipinski definition) is 2. The van der Waals surface area contributed by atoms with Crippen LogP contribution in [0.4, 0.5) is 4.39 Å². The lowest BCUT2D eigenvalue weighted by Crippen LogP contribution is -2.57. The summed E-state index contributed by atoms with van der Waals surface area (Å²) in [6, 6.07) is 12.3. The second-order valence-electron chi connectivity index (χ2n) is 9.15. The monoisotopic (exact) mass is 507 g/mol. The van der Waals surface area contributed by atoms with Crippen LogP contribution in [0.1, 0.15) is 10.4 Å². The summed E-state index contributed by atoms with van der Waals surface area (Å²) in [5.74, 6) is -0.148. The lowest BCUT2D eigenvalue weighted by molar-refractivity contribution is -0.0746. The fourth-order valence-corrected chi connectivity index (χ4v) is 4.69. The van der Waals surface area contributed by atoms with E-state index in [-0.39, 0.29) is 24.9 Å². The van der Waals surface area contributed by atoms with Gasteiger partial charge >= 0.3 is 0 Å². The number of aromatic amines is 1. The molecule has 0 bridgehead atoms. The van der Waals surface area contributed by atoms with Crippen molar-refractivity contribution >= 4 is 16.8 Å². The molecule has 4 aromatic rings. The fraction of sp³-hybridized carbons (Fsp3) is 0.346. The molecule has 10 nitrogen and oxygen atoms in total. The van der Waals surface area contributed by atoms with Crippen LogP contribution in [0.5, 0.6) is 5.75 Å². The Morgan fingerprint density at radius 1 is 1.14 bits per heavy atom. The molecule has 2 N–H and O–H groups in total. The first-order valence-corrected chi connectivity index (χ1v) is 12.2. The van der Waals surface area contributed by atoms with E-state index in [0.29, 0.717) is 52.7 Å². The van der Waals surface area contributed by atoms with E-state index >= 15 is 0 Å². The molecule has 2 aliphatic rings. The zero-order chi connectivity index (χ0) is 25.4. The largest absolute Gasteiger partial charge is 0.488 e. The van der Waals surface area contributed by atoms with Gasteiger partial charge in [0.15, 0.2) is 17.3 Å². The van der Waals surface area contributed by atoms with Crippen molar-refractivity contribution < 1.29 is 28.3 Å². The molecule has 2 fully saturated rings. The topological polar surface area (TPSA) is 117 Å². The summed E-state index contributed by atoms with van der Waals surface area (Å²) < 4.78 is 30.5. The van der Waals surface area contributed by atoms with Gasteiger partial charge in [0.05, 0.1) is 31.4 Å². The van der Waals surface area contributed by atoms with E-state index in [1.54, 1.807) is 18.2 Å². The lowest BCUT2D eigenvalue weighted by atomic mass is 10.1. The number of rotatable bonds is 7. The van der Waals surface area contributed by atoms with E-state index in [1.807, 2.05) is 17.0 Å². The SMILES string of the molecule is O=C(c1ccc(-c2cc(-c3n[nH]c4cc(OCCO)c(F)cc34)on2)cc1)N1CCN(C2COC2)CC1. The molecule has 2 aromatic heterocycles. The Morgan fingerprint density at radius 3 is 2.62 bits per heavy atom. The molecule has 0 spiro atoms. The minimum absolute atomic E-state index is 0.00778. The number of ether oxygens (including phenoxy) is 2. The molecule has 0 unspecified atom stereocenters. The minimum Gasteiger partial charge on any atom is -0.488 e. The van der Waals surface area contributed by atoms with E-state index in [9.17, 15) is 9.18 Å². The van der Waals surface area contributed by atoms with E-state index in [1.165, 1.54) is 12.1 Å². The minimum atomic E-state index is -0.568. The smallest absolute Gasteiger partial charge is 0.253 e. The predicted molar refractivity (Wildman–Crippen MR) is 132 cm³/mol. The Bertz CT molecular complexity index is 1410. The van der Waals surface area contributed by atoms with Crippen molar-refractivity contribution in [3.8, 4) is 28.5 Å². The highest BCUT2D eigenvalue weighted by Crippen LogP contribution is 2.33. The van der Waals surface area contributed by atoms with Gasteiger partial charge in [0, 0.05) is 54.8 Å². The van der Waals surface area contributed by atoms with Crippen molar-refractivity contribution in [3.63, 3.8) is 0 Å². The zero-order valence-electron chi connectivity index (χ0n) is 20.0. The van der Waals surface area contributed by atoms with Crippen molar-refractivity contribution in [1.82, 2.24) is 25.2 Å². The first-order chi connectivity index (χ1) is 18.1. The molecule has 0 aliphatic carbocycles. The van der Waals surface area contributed by atoms with Crippen LogP contribution in [0.3, 0.4) is 0 Å². The van der Waals surface area contributed by atoms with Gasteiger partial charge in [-0.05, 0) is 18.2 Å². The number of H-pyrrole nitrogens is 1. The van der Waals surface area contributed by atoms with Crippen molar-refractivity contribution in [2.24, 2.45) is 0 Å². The van der Waals surface area contributed by atoms with Crippen LogP contribution in [0.25, 0.3) is 33.6 Å². The second kappa shape index (κ2) is 9.92. The number of halogens is 1. The van der Waals surface area contributed by atoms with Gasteiger partial charge in [-0.2, -0.15) is 5.10 Å². The number of aliphatic hydroxyl groups excluding tert-OH is 1. The Morgan fingerprint density at radius 2 is 1.92 bits per heavy atom. The maximum absolute atomic E-state index is 14.5. The average Bonchev–Trinajstić information content (AvgIpc) is 3.53. The number of carbonyl (C=O) groups excluding carboxylic acids is 1. The molecule has 6 rings (SSSR count).